The van der Waals surface area contributed by atoms with Crippen LogP contribution >= 0.6 is 0 Å². The van der Waals surface area contributed by atoms with Crippen LogP contribution in [0.3, 0.4) is 0 Å². The average Bonchev–Trinajstić information content (AvgIpc) is 2.33. The first-order chi connectivity index (χ1) is 11.2. The number of likely N-dealkylation sites (tertiary alicyclic amines) is 1. The van der Waals surface area contributed by atoms with Gasteiger partial charge in [0.25, 0.3) is 0 Å². The smallest absolute Gasteiger partial charge is 0.410 e. The van der Waals surface area contributed by atoms with Gasteiger partial charge in [-0.25, -0.2) is 4.79 Å². The minimum Gasteiger partial charge on any atom is -0.444 e. The lowest BCUT2D eigenvalue weighted by molar-refractivity contribution is -0.124. The number of ether oxygens (including phenoxy) is 1. The molecule has 2 amide bonds. The largest absolute Gasteiger partial charge is 0.444 e. The van der Waals surface area contributed by atoms with Crippen LogP contribution in [0.4, 0.5) is 4.79 Å². The molecule has 1 saturated heterocycles. The van der Waals surface area contributed by atoms with Crippen LogP contribution in [0, 0.1) is 11.3 Å². The molecule has 1 rings (SSSR count). The van der Waals surface area contributed by atoms with Crippen molar-refractivity contribution in [2.75, 3.05) is 13.1 Å². The Morgan fingerprint density at radius 2 is 1.52 bits per heavy atom. The second-order valence-electron chi connectivity index (χ2n) is 10.3. The molecule has 0 unspecified atom stereocenters. The Bertz CT molecular complexity index is 464. The summed E-state index contributed by atoms with van der Waals surface area (Å²) in [6.07, 6.45) is 2.93. The van der Waals surface area contributed by atoms with E-state index in [1.165, 1.54) is 0 Å². The summed E-state index contributed by atoms with van der Waals surface area (Å²) in [5.41, 5.74) is -0.492. The van der Waals surface area contributed by atoms with E-state index in [0.717, 1.165) is 19.3 Å². The van der Waals surface area contributed by atoms with Crippen LogP contribution in [0.25, 0.3) is 0 Å². The highest BCUT2D eigenvalue weighted by molar-refractivity contribution is 5.77. The van der Waals surface area contributed by atoms with E-state index in [-0.39, 0.29) is 23.0 Å². The summed E-state index contributed by atoms with van der Waals surface area (Å²) < 4.78 is 5.41. The fourth-order valence-corrected chi connectivity index (χ4v) is 3.71. The Morgan fingerprint density at radius 1 is 1.00 bits per heavy atom. The number of hydrogen-bond acceptors (Lipinski definition) is 3. The fourth-order valence-electron chi connectivity index (χ4n) is 3.71. The first-order valence-electron chi connectivity index (χ1n) is 9.46. The van der Waals surface area contributed by atoms with E-state index in [1.54, 1.807) is 4.90 Å². The lowest BCUT2D eigenvalue weighted by Crippen LogP contribution is -2.47. The molecule has 1 aliphatic rings. The van der Waals surface area contributed by atoms with Crippen LogP contribution in [0.15, 0.2) is 0 Å². The number of hydrogen-bond donors (Lipinski definition) is 1. The third-order valence-corrected chi connectivity index (χ3v) is 4.19. The normalized spacial score (nSPS) is 17.4. The van der Waals surface area contributed by atoms with Gasteiger partial charge in [-0.15, -0.1) is 0 Å². The summed E-state index contributed by atoms with van der Waals surface area (Å²) in [6, 6.07) is 0. The number of nitrogens with one attached hydrogen (secondary N) is 1. The van der Waals surface area contributed by atoms with Crippen LogP contribution in [0.5, 0.6) is 0 Å². The molecule has 0 aliphatic carbocycles. The highest BCUT2D eigenvalue weighted by Gasteiger charge is 2.30. The Hall–Kier alpha value is -1.26. The molecule has 0 saturated carbocycles. The Kier molecular flexibility index (Phi) is 6.94. The second kappa shape index (κ2) is 7.96. The van der Waals surface area contributed by atoms with Gasteiger partial charge in [0.05, 0.1) is 0 Å². The summed E-state index contributed by atoms with van der Waals surface area (Å²) in [4.78, 5) is 26.2. The number of rotatable bonds is 4. The standard InChI is InChI=1S/C20H38N2O3/c1-18(2,3)14-20(7,8)21-16(23)13-15-9-11-22(12-10-15)17(24)25-19(4,5)6/h15H,9-14H2,1-8H3,(H,21,23). The highest BCUT2D eigenvalue weighted by atomic mass is 16.6. The molecule has 0 atom stereocenters. The number of nitrogens with zero attached hydrogens (tertiary/aromatic N) is 1. The molecule has 0 bridgehead atoms. The van der Waals surface area contributed by atoms with E-state index in [9.17, 15) is 9.59 Å². The van der Waals surface area contributed by atoms with Crippen molar-refractivity contribution in [3.63, 3.8) is 0 Å². The highest BCUT2D eigenvalue weighted by Crippen LogP contribution is 2.28. The molecule has 0 spiro atoms. The topological polar surface area (TPSA) is 58.6 Å². The molecule has 0 radical (unpaired) electrons. The van der Waals surface area contributed by atoms with Gasteiger partial charge in [-0.05, 0) is 65.2 Å². The SMILES string of the molecule is CC(C)(C)CC(C)(C)NC(=O)CC1CCN(C(=O)OC(C)(C)C)CC1. The van der Waals surface area contributed by atoms with E-state index in [1.807, 2.05) is 20.8 Å². The number of carbonyl (C=O) groups excluding carboxylic acids is 2. The van der Waals surface area contributed by atoms with Gasteiger partial charge in [-0.2, -0.15) is 0 Å². The summed E-state index contributed by atoms with van der Waals surface area (Å²) in [6.45, 7) is 17.7. The van der Waals surface area contributed by atoms with Crippen molar-refractivity contribution in [1.82, 2.24) is 10.2 Å². The first kappa shape index (κ1) is 21.8. The van der Waals surface area contributed by atoms with Gasteiger partial charge in [-0.1, -0.05) is 20.8 Å². The maximum absolute atomic E-state index is 12.4. The lowest BCUT2D eigenvalue weighted by atomic mass is 9.81. The molecule has 146 valence electrons. The Morgan fingerprint density at radius 3 is 1.96 bits per heavy atom. The fraction of sp³-hybridized carbons (Fsp3) is 0.900. The van der Waals surface area contributed by atoms with E-state index in [4.69, 9.17) is 4.74 Å². The number of piperidine rings is 1. The van der Waals surface area contributed by atoms with E-state index < -0.39 is 5.60 Å². The predicted octanol–water partition coefficient (Wildman–Crippen LogP) is 4.35. The molecule has 25 heavy (non-hydrogen) atoms. The van der Waals surface area contributed by atoms with Crippen molar-refractivity contribution in [2.24, 2.45) is 11.3 Å². The lowest BCUT2D eigenvalue weighted by Gasteiger charge is -2.35. The monoisotopic (exact) mass is 354 g/mol. The van der Waals surface area contributed by atoms with Crippen molar-refractivity contribution in [3.8, 4) is 0 Å². The molecule has 0 aromatic rings. The number of amides is 2. The minimum atomic E-state index is -0.466. The Balaban J connectivity index is 2.41. The van der Waals surface area contributed by atoms with Gasteiger partial charge < -0.3 is 15.0 Å². The molecule has 5 nitrogen and oxygen atoms in total. The zero-order valence-electron chi connectivity index (χ0n) is 17.5. The van der Waals surface area contributed by atoms with Crippen molar-refractivity contribution in [2.45, 2.75) is 92.2 Å². The second-order valence-corrected chi connectivity index (χ2v) is 10.3. The summed E-state index contributed by atoms with van der Waals surface area (Å²) in [5.74, 6) is 0.453. The molecular formula is C20H38N2O3. The van der Waals surface area contributed by atoms with E-state index in [0.29, 0.717) is 25.4 Å². The zero-order valence-corrected chi connectivity index (χ0v) is 17.5. The number of carbonyl (C=O) groups is 2. The van der Waals surface area contributed by atoms with Gasteiger partial charge in [0.2, 0.25) is 5.91 Å². The molecule has 1 N–H and O–H groups in total. The van der Waals surface area contributed by atoms with Crippen LogP contribution < -0.4 is 5.32 Å². The van der Waals surface area contributed by atoms with E-state index >= 15 is 0 Å². The Labute approximate surface area is 153 Å². The summed E-state index contributed by atoms with van der Waals surface area (Å²) in [7, 11) is 0. The van der Waals surface area contributed by atoms with Crippen molar-refractivity contribution in [3.05, 3.63) is 0 Å². The first-order valence-corrected chi connectivity index (χ1v) is 9.46. The van der Waals surface area contributed by atoms with Gasteiger partial charge >= 0.3 is 6.09 Å². The van der Waals surface area contributed by atoms with Gasteiger partial charge in [0.1, 0.15) is 5.60 Å². The maximum atomic E-state index is 12.4. The summed E-state index contributed by atoms with van der Waals surface area (Å²) >= 11 is 0. The molecule has 5 heteroatoms. The van der Waals surface area contributed by atoms with Crippen LogP contribution in [-0.4, -0.2) is 41.1 Å². The van der Waals surface area contributed by atoms with Gasteiger partial charge in [-0.3, -0.25) is 4.79 Å². The van der Waals surface area contributed by atoms with Gasteiger partial charge in [0, 0.05) is 25.0 Å². The molecular weight excluding hydrogens is 316 g/mol. The molecule has 1 fully saturated rings. The zero-order chi connectivity index (χ0) is 19.5. The molecule has 1 heterocycles. The van der Waals surface area contributed by atoms with Crippen LogP contribution in [-0.2, 0) is 9.53 Å². The third kappa shape index (κ3) is 9.13. The summed E-state index contributed by atoms with van der Waals surface area (Å²) in [5, 5.41) is 3.18. The van der Waals surface area contributed by atoms with Crippen LogP contribution in [0.2, 0.25) is 0 Å². The maximum Gasteiger partial charge on any atom is 0.410 e. The molecule has 1 aliphatic heterocycles. The average molecular weight is 355 g/mol. The quantitative estimate of drug-likeness (QED) is 0.816. The van der Waals surface area contributed by atoms with Crippen molar-refractivity contribution in [1.29, 1.82) is 0 Å². The van der Waals surface area contributed by atoms with Gasteiger partial charge in [0.15, 0.2) is 0 Å². The van der Waals surface area contributed by atoms with Crippen molar-refractivity contribution >= 4 is 12.0 Å². The third-order valence-electron chi connectivity index (χ3n) is 4.19. The molecule has 0 aromatic heterocycles. The minimum absolute atomic E-state index is 0.116. The van der Waals surface area contributed by atoms with Crippen LogP contribution in [0.1, 0.15) is 81.1 Å². The molecule has 0 aromatic carbocycles. The van der Waals surface area contributed by atoms with E-state index in [2.05, 4.69) is 39.9 Å². The predicted molar refractivity (Wildman–Crippen MR) is 101 cm³/mol. The van der Waals surface area contributed by atoms with Crippen molar-refractivity contribution < 1.29 is 14.3 Å².